The van der Waals surface area contributed by atoms with Crippen LogP contribution in [0.15, 0.2) is 24.3 Å². The number of benzene rings is 1. The average molecular weight is 268 g/mol. The van der Waals surface area contributed by atoms with E-state index in [2.05, 4.69) is 32.7 Å². The van der Waals surface area contributed by atoms with Crippen LogP contribution in [0.25, 0.3) is 10.9 Å². The molecule has 1 heterocycles. The van der Waals surface area contributed by atoms with Crippen LogP contribution in [0.4, 0.5) is 11.8 Å². The summed E-state index contributed by atoms with van der Waals surface area (Å²) < 4.78 is 0. The van der Waals surface area contributed by atoms with Crippen molar-refractivity contribution in [1.29, 1.82) is 0 Å². The van der Waals surface area contributed by atoms with Gasteiger partial charge in [0.05, 0.1) is 5.52 Å². The molecular weight excluding hydrogens is 248 g/mol. The van der Waals surface area contributed by atoms with Crippen LogP contribution < -0.4 is 10.6 Å². The van der Waals surface area contributed by atoms with E-state index >= 15 is 0 Å². The molecule has 2 bridgehead atoms. The molecule has 3 unspecified atom stereocenters. The van der Waals surface area contributed by atoms with Gasteiger partial charge in [-0.05, 0) is 43.2 Å². The number of para-hydroxylation sites is 1. The first-order valence-corrected chi connectivity index (χ1v) is 7.54. The van der Waals surface area contributed by atoms with Crippen molar-refractivity contribution in [1.82, 2.24) is 9.97 Å². The van der Waals surface area contributed by atoms with Crippen LogP contribution in [-0.4, -0.2) is 23.1 Å². The molecule has 4 heteroatoms. The van der Waals surface area contributed by atoms with Crippen molar-refractivity contribution >= 4 is 22.7 Å². The lowest BCUT2D eigenvalue weighted by Gasteiger charge is -2.24. The summed E-state index contributed by atoms with van der Waals surface area (Å²) in [6, 6.07) is 8.82. The van der Waals surface area contributed by atoms with Gasteiger partial charge < -0.3 is 10.6 Å². The van der Waals surface area contributed by atoms with Crippen LogP contribution in [-0.2, 0) is 0 Å². The minimum absolute atomic E-state index is 0.594. The summed E-state index contributed by atoms with van der Waals surface area (Å²) in [5.74, 6) is 3.45. The quantitative estimate of drug-likeness (QED) is 0.897. The van der Waals surface area contributed by atoms with Crippen molar-refractivity contribution < 1.29 is 0 Å². The summed E-state index contributed by atoms with van der Waals surface area (Å²) >= 11 is 0. The van der Waals surface area contributed by atoms with Gasteiger partial charge in [-0.25, -0.2) is 4.98 Å². The van der Waals surface area contributed by atoms with E-state index in [-0.39, 0.29) is 0 Å². The molecule has 4 rings (SSSR count). The molecule has 0 radical (unpaired) electrons. The monoisotopic (exact) mass is 268 g/mol. The highest BCUT2D eigenvalue weighted by Gasteiger charge is 2.39. The number of hydrogen-bond donors (Lipinski definition) is 2. The highest BCUT2D eigenvalue weighted by Crippen LogP contribution is 2.45. The van der Waals surface area contributed by atoms with E-state index in [0.29, 0.717) is 12.0 Å². The molecule has 0 aliphatic heterocycles. The number of anilines is 2. The van der Waals surface area contributed by atoms with Crippen molar-refractivity contribution in [3.8, 4) is 0 Å². The molecule has 0 saturated heterocycles. The van der Waals surface area contributed by atoms with E-state index in [1.165, 1.54) is 25.7 Å². The fourth-order valence-corrected chi connectivity index (χ4v) is 3.90. The van der Waals surface area contributed by atoms with Gasteiger partial charge >= 0.3 is 0 Å². The number of nitrogens with one attached hydrogen (secondary N) is 2. The van der Waals surface area contributed by atoms with Crippen molar-refractivity contribution in [2.24, 2.45) is 11.8 Å². The lowest BCUT2D eigenvalue weighted by Crippen LogP contribution is -2.26. The molecule has 2 fully saturated rings. The van der Waals surface area contributed by atoms with Gasteiger partial charge in [-0.15, -0.1) is 0 Å². The summed E-state index contributed by atoms with van der Waals surface area (Å²) in [6.45, 7) is 0. The topological polar surface area (TPSA) is 49.8 Å². The van der Waals surface area contributed by atoms with Crippen LogP contribution in [0, 0.1) is 11.8 Å². The lowest BCUT2D eigenvalue weighted by molar-refractivity contribution is 0.439. The Hall–Kier alpha value is -1.84. The maximum absolute atomic E-state index is 4.63. The summed E-state index contributed by atoms with van der Waals surface area (Å²) in [5.41, 5.74) is 0.998. The van der Waals surface area contributed by atoms with Crippen molar-refractivity contribution in [3.05, 3.63) is 24.3 Å². The normalized spacial score (nSPS) is 27.9. The largest absolute Gasteiger partial charge is 0.366 e. The Kier molecular flexibility index (Phi) is 2.76. The molecule has 0 spiro atoms. The molecule has 1 aromatic carbocycles. The second-order valence-corrected chi connectivity index (χ2v) is 6.09. The minimum atomic E-state index is 0.594. The molecule has 2 aliphatic rings. The zero-order chi connectivity index (χ0) is 13.5. The molecule has 4 nitrogen and oxygen atoms in total. The predicted octanol–water partition coefficient (Wildman–Crippen LogP) is 3.27. The first-order valence-electron chi connectivity index (χ1n) is 7.54. The molecule has 2 saturated carbocycles. The van der Waals surface area contributed by atoms with Gasteiger partial charge in [0.2, 0.25) is 5.95 Å². The SMILES string of the molecule is CNc1nc(NC2CC3CCC2C3)c2ccccc2n1. The Morgan fingerprint density at radius 2 is 2.00 bits per heavy atom. The third-order valence-electron chi connectivity index (χ3n) is 4.89. The summed E-state index contributed by atoms with van der Waals surface area (Å²) in [4.78, 5) is 9.15. The van der Waals surface area contributed by atoms with Crippen LogP contribution in [0.2, 0.25) is 0 Å². The average Bonchev–Trinajstić information content (AvgIpc) is 3.09. The molecule has 2 aromatic rings. The van der Waals surface area contributed by atoms with Gasteiger partial charge in [-0.1, -0.05) is 18.6 Å². The van der Waals surface area contributed by atoms with E-state index in [1.54, 1.807) is 0 Å². The molecular formula is C16H20N4. The summed E-state index contributed by atoms with van der Waals surface area (Å²) in [5, 5.41) is 7.87. The van der Waals surface area contributed by atoms with Gasteiger partial charge in [-0.3, -0.25) is 0 Å². The first kappa shape index (κ1) is 11.9. The number of aromatic nitrogens is 2. The van der Waals surface area contributed by atoms with Gasteiger partial charge in [0.1, 0.15) is 5.82 Å². The van der Waals surface area contributed by atoms with Crippen molar-refractivity contribution in [3.63, 3.8) is 0 Å². The zero-order valence-electron chi connectivity index (χ0n) is 11.8. The number of rotatable bonds is 3. The summed E-state index contributed by atoms with van der Waals surface area (Å²) in [7, 11) is 1.87. The third-order valence-corrected chi connectivity index (χ3v) is 4.89. The van der Waals surface area contributed by atoms with Crippen LogP contribution in [0.3, 0.4) is 0 Å². The maximum Gasteiger partial charge on any atom is 0.224 e. The third kappa shape index (κ3) is 1.90. The van der Waals surface area contributed by atoms with E-state index in [1.807, 2.05) is 19.2 Å². The zero-order valence-corrected chi connectivity index (χ0v) is 11.8. The fraction of sp³-hybridized carbons (Fsp3) is 0.500. The Bertz CT molecular complexity index is 639. The Morgan fingerprint density at radius 1 is 1.10 bits per heavy atom. The molecule has 2 aliphatic carbocycles. The number of fused-ring (bicyclic) bond motifs is 3. The smallest absolute Gasteiger partial charge is 0.224 e. The van der Waals surface area contributed by atoms with Crippen molar-refractivity contribution in [2.75, 3.05) is 17.7 Å². The van der Waals surface area contributed by atoms with Crippen LogP contribution in [0.5, 0.6) is 0 Å². The number of nitrogens with zero attached hydrogens (tertiary/aromatic N) is 2. The van der Waals surface area contributed by atoms with E-state index < -0.39 is 0 Å². The molecule has 1 aromatic heterocycles. The van der Waals surface area contributed by atoms with Crippen LogP contribution >= 0.6 is 0 Å². The standard InChI is InChI=1S/C16H20N4/c1-17-16-19-13-5-3-2-4-12(13)15(20-16)18-14-9-10-6-7-11(14)8-10/h2-5,10-11,14H,6-9H2,1H3,(H2,17,18,19,20). The van der Waals surface area contributed by atoms with E-state index in [0.717, 1.165) is 28.6 Å². The molecule has 0 amide bonds. The van der Waals surface area contributed by atoms with E-state index in [4.69, 9.17) is 0 Å². The van der Waals surface area contributed by atoms with Gasteiger partial charge in [0, 0.05) is 18.5 Å². The first-order chi connectivity index (χ1) is 9.83. The van der Waals surface area contributed by atoms with Crippen molar-refractivity contribution in [2.45, 2.75) is 31.7 Å². The molecule has 20 heavy (non-hydrogen) atoms. The van der Waals surface area contributed by atoms with Gasteiger partial charge in [0.15, 0.2) is 0 Å². The molecule has 2 N–H and O–H groups in total. The Labute approximate surface area is 119 Å². The second kappa shape index (κ2) is 4.62. The maximum atomic E-state index is 4.63. The fourth-order valence-electron chi connectivity index (χ4n) is 3.90. The second-order valence-electron chi connectivity index (χ2n) is 6.09. The van der Waals surface area contributed by atoms with Gasteiger partial charge in [-0.2, -0.15) is 4.98 Å². The minimum Gasteiger partial charge on any atom is -0.366 e. The Morgan fingerprint density at radius 3 is 2.75 bits per heavy atom. The summed E-state index contributed by atoms with van der Waals surface area (Å²) in [6.07, 6.45) is 5.51. The predicted molar refractivity (Wildman–Crippen MR) is 81.9 cm³/mol. The number of hydrogen-bond acceptors (Lipinski definition) is 4. The lowest BCUT2D eigenvalue weighted by atomic mass is 9.95. The van der Waals surface area contributed by atoms with E-state index in [9.17, 15) is 0 Å². The highest BCUT2D eigenvalue weighted by molar-refractivity contribution is 5.90. The molecule has 104 valence electrons. The van der Waals surface area contributed by atoms with Gasteiger partial charge in [0.25, 0.3) is 0 Å². The molecule has 3 atom stereocenters. The Balaban J connectivity index is 1.71. The van der Waals surface area contributed by atoms with Crippen LogP contribution in [0.1, 0.15) is 25.7 Å². The highest BCUT2D eigenvalue weighted by atomic mass is 15.1.